The zero-order valence-electron chi connectivity index (χ0n) is 45.2. The van der Waals surface area contributed by atoms with E-state index in [0.29, 0.717) is 70.0 Å². The lowest BCUT2D eigenvalue weighted by Gasteiger charge is -2.59. The van der Waals surface area contributed by atoms with E-state index < -0.39 is 84.8 Å². The van der Waals surface area contributed by atoms with E-state index in [4.69, 9.17) is 23.5 Å². The molecule has 16 nitrogen and oxygen atoms in total. The topological polar surface area (TPSA) is 228 Å². The molecule has 9 aliphatic rings. The summed E-state index contributed by atoms with van der Waals surface area (Å²) in [6, 6.07) is 23.2. The van der Waals surface area contributed by atoms with Gasteiger partial charge in [-0.2, -0.15) is 0 Å². The van der Waals surface area contributed by atoms with E-state index in [9.17, 15) is 38.5 Å². The molecule has 6 aliphatic carbocycles. The lowest BCUT2D eigenvalue weighted by molar-refractivity contribution is -0.204. The number of aliphatic hydroxyl groups excluding tert-OH is 1. The van der Waals surface area contributed by atoms with E-state index in [2.05, 4.69) is 55.8 Å². The van der Waals surface area contributed by atoms with Gasteiger partial charge in [0.05, 0.1) is 30.0 Å². The van der Waals surface area contributed by atoms with E-state index in [1.165, 1.54) is 0 Å². The highest BCUT2D eigenvalue weighted by Crippen LogP contribution is 2.70. The predicted molar refractivity (Wildman–Crippen MR) is 285 cm³/mol. The van der Waals surface area contributed by atoms with Crippen molar-refractivity contribution in [1.29, 1.82) is 0 Å². The summed E-state index contributed by atoms with van der Waals surface area (Å²) in [5.74, 6) is -1.79. The summed E-state index contributed by atoms with van der Waals surface area (Å²) >= 11 is 0. The number of hydrogen-bond acceptors (Lipinski definition) is 13. The number of allylic oxidation sites excluding steroid dienone is 4. The van der Waals surface area contributed by atoms with E-state index in [0.717, 1.165) is 39.8 Å². The molecule has 0 spiro atoms. The minimum atomic E-state index is -3.31. The standard InChI is InChI=1S/C61H72N3O13P/c1-56(2,3)22-21-47(63-51(68)32-62-55(70)73-33-45-42-12-8-6-10-40(42)41-11-7-9-13-43(41)45)53(69)64-59-24-26-60(27-25-59,74-35-59)30-36-14-16-37(17-15-36)54-76-50-29-46-44-19-18-38-28-39(65)20-23-57(38,4)52(44)48(66)31-58(46,5)61(50,77-54)49(67)34-75-78(71)72/h6-17,20,23,28,44-48,50,52,54,66H,18-19,21-22,24-27,29-35H2,1-5H3,(H,62,70)(H,63,68)(H,64,69)/t44-,46-,47-,48-,50+,52+,54?,57-,58-,59?,60?,61+/m0/s1. The molecule has 4 saturated carbocycles. The van der Waals surface area contributed by atoms with E-state index in [-0.39, 0.29) is 60.3 Å². The maximum atomic E-state index is 14.5. The molecule has 0 aromatic heterocycles. The summed E-state index contributed by atoms with van der Waals surface area (Å²) in [5, 5.41) is 20.9. The number of carbonyl (C=O) groups is 5. The Hall–Kier alpha value is -5.45. The molecule has 0 radical (unpaired) electrons. The number of ether oxygens (including phenoxy) is 4. The van der Waals surface area contributed by atoms with Gasteiger partial charge in [0.2, 0.25) is 11.8 Å². The fourth-order valence-electron chi connectivity index (χ4n) is 15.5. The average molecular weight is 1090 g/mol. The van der Waals surface area contributed by atoms with Crippen LogP contribution in [0.2, 0.25) is 0 Å². The highest BCUT2D eigenvalue weighted by atomic mass is 31.1. The van der Waals surface area contributed by atoms with Crippen LogP contribution < -0.4 is 20.8 Å². The number of benzene rings is 3. The smallest absolute Gasteiger partial charge is 0.488 e. The van der Waals surface area contributed by atoms with E-state index in [1.807, 2.05) is 73.7 Å². The molecule has 11 atom stereocenters. The number of ketones is 2. The third-order valence-electron chi connectivity index (χ3n) is 19.5. The first kappa shape index (κ1) is 54.5. The number of hydrogen-bond donors (Lipinski definition) is 4. The normalized spacial score (nSPS) is 33.8. The van der Waals surface area contributed by atoms with Crippen LogP contribution in [0.25, 0.3) is 11.1 Å². The van der Waals surface area contributed by atoms with Crippen molar-refractivity contribution >= 4 is 37.7 Å². The van der Waals surface area contributed by atoms with E-state index >= 15 is 0 Å². The molecule has 17 heteroatoms. The Morgan fingerprint density at radius 1 is 0.949 bits per heavy atom. The van der Waals surface area contributed by atoms with Gasteiger partial charge in [-0.3, -0.25) is 19.2 Å². The van der Waals surface area contributed by atoms with Crippen molar-refractivity contribution in [1.82, 2.24) is 16.0 Å². The number of carbonyl (C=O) groups excluding carboxylic acids is 5. The molecule has 7 fully saturated rings. The zero-order valence-corrected chi connectivity index (χ0v) is 46.1. The maximum Gasteiger partial charge on any atom is 0.488 e. The minimum absolute atomic E-state index is 0.0121. The van der Waals surface area contributed by atoms with Crippen molar-refractivity contribution in [3.05, 3.63) is 119 Å². The summed E-state index contributed by atoms with van der Waals surface area (Å²) in [6.07, 6.45) is 8.60. The molecule has 3 amide bonds. The Labute approximate surface area is 456 Å². The van der Waals surface area contributed by atoms with Crippen LogP contribution in [0.3, 0.4) is 0 Å². The zero-order chi connectivity index (χ0) is 55.0. The molecule has 2 unspecified atom stereocenters. The fourth-order valence-corrected chi connectivity index (χ4v) is 15.7. The second-order valence-electron chi connectivity index (χ2n) is 25.2. The Balaban J connectivity index is 0.701. The lowest BCUT2D eigenvalue weighted by Crippen LogP contribution is -2.65. The number of Topliss-reactive ketones (excluding diaryl/α,β-unsaturated/α-hetero) is 1. The number of fused-ring (bicyclic) bond motifs is 13. The molecule has 4 N–H and O–H groups in total. The van der Waals surface area contributed by atoms with Gasteiger partial charge in [0, 0.05) is 34.7 Å². The fraction of sp³-hybridized carbons (Fsp3) is 0.557. The number of nitrogens with one attached hydrogen (secondary N) is 3. The van der Waals surface area contributed by atoms with Gasteiger partial charge in [-0.1, -0.05) is 119 Å². The summed E-state index contributed by atoms with van der Waals surface area (Å²) in [5.41, 5.74) is 2.96. The first-order chi connectivity index (χ1) is 37.1. The quantitative estimate of drug-likeness (QED) is 0.100. The Kier molecular flexibility index (Phi) is 14.4. The SMILES string of the molecule is CC(C)(C)CC[C@H](NC(=O)CNC(=O)OCC1c2ccccc2-c2ccccc21)C(=O)NC12CCC(Cc3ccc(C4O[C@@H]5C[C@H]6[C@@H]7CCC8=CC(=O)C=C[C@]8(C)[C@H]7[C@@H](O)C[C@]6(C)[C@]5(C(=O)CO[P+](=O)[O-])O4)cc3)(CC1)OC2. The van der Waals surface area contributed by atoms with Gasteiger partial charge < -0.3 is 44.9 Å². The van der Waals surface area contributed by atoms with Crippen LogP contribution in [0, 0.1) is 34.0 Å². The molecule has 3 aromatic rings. The van der Waals surface area contributed by atoms with Crippen LogP contribution >= 0.6 is 8.25 Å². The van der Waals surface area contributed by atoms with Crippen molar-refractivity contribution in [2.45, 2.75) is 152 Å². The van der Waals surface area contributed by atoms with E-state index in [1.54, 1.807) is 12.2 Å². The second-order valence-corrected chi connectivity index (χ2v) is 25.9. The number of aliphatic hydroxyl groups is 1. The summed E-state index contributed by atoms with van der Waals surface area (Å²) in [4.78, 5) is 79.0. The molecular weight excluding hydrogens is 1010 g/mol. The first-order valence-electron chi connectivity index (χ1n) is 27.8. The van der Waals surface area contributed by atoms with Crippen LogP contribution in [0.15, 0.2) is 96.6 Å². The molecule has 414 valence electrons. The molecule has 3 saturated heterocycles. The average Bonchev–Trinajstić information content (AvgIpc) is 3.24. The second kappa shape index (κ2) is 20.6. The third kappa shape index (κ3) is 9.81. The van der Waals surface area contributed by atoms with Crippen molar-refractivity contribution in [2.75, 3.05) is 26.4 Å². The van der Waals surface area contributed by atoms with Crippen LogP contribution in [0.4, 0.5) is 4.79 Å². The molecule has 3 aromatic carbocycles. The van der Waals surface area contributed by atoms with Crippen molar-refractivity contribution < 1.29 is 62.0 Å². The van der Waals surface area contributed by atoms with Gasteiger partial charge in [0.1, 0.15) is 19.2 Å². The van der Waals surface area contributed by atoms with Gasteiger partial charge in [-0.25, -0.2) is 4.79 Å². The molecule has 12 rings (SSSR count). The Bertz CT molecular complexity index is 2900. The highest BCUT2D eigenvalue weighted by Gasteiger charge is 2.76. The van der Waals surface area contributed by atoms with Crippen molar-refractivity contribution in [3.63, 3.8) is 0 Å². The molecule has 2 bridgehead atoms. The van der Waals surface area contributed by atoms with Gasteiger partial charge in [-0.15, -0.1) is 4.52 Å². The first-order valence-corrected chi connectivity index (χ1v) is 28.9. The van der Waals surface area contributed by atoms with Crippen LogP contribution in [0.5, 0.6) is 0 Å². The third-order valence-corrected chi connectivity index (χ3v) is 19.8. The van der Waals surface area contributed by atoms with Crippen molar-refractivity contribution in [2.24, 2.45) is 34.0 Å². The number of alkyl carbamates (subject to hydrolysis) is 1. The number of rotatable bonds is 16. The van der Waals surface area contributed by atoms with Crippen molar-refractivity contribution in [3.8, 4) is 11.1 Å². The van der Waals surface area contributed by atoms with Gasteiger partial charge in [0.25, 0.3) is 0 Å². The summed E-state index contributed by atoms with van der Waals surface area (Å²) in [7, 11) is -3.31. The van der Waals surface area contributed by atoms with Crippen LogP contribution in [0.1, 0.15) is 133 Å². The molecule has 3 aliphatic heterocycles. The largest absolute Gasteiger partial charge is 0.566 e. The maximum absolute atomic E-state index is 14.5. The van der Waals surface area contributed by atoms with Crippen LogP contribution in [-0.4, -0.2) is 95.9 Å². The monoisotopic (exact) mass is 1090 g/mol. The number of amides is 3. The highest BCUT2D eigenvalue weighted by molar-refractivity contribution is 7.30. The molecule has 3 heterocycles. The van der Waals surface area contributed by atoms with Crippen LogP contribution in [-0.2, 0) is 53.6 Å². The molecular formula is C61H72N3O13P. The lowest BCUT2D eigenvalue weighted by atomic mass is 9.46. The summed E-state index contributed by atoms with van der Waals surface area (Å²) in [6.45, 7) is 9.68. The minimum Gasteiger partial charge on any atom is -0.566 e. The predicted octanol–water partition coefficient (Wildman–Crippen LogP) is 7.92. The molecule has 78 heavy (non-hydrogen) atoms. The van der Waals surface area contributed by atoms with Gasteiger partial charge >= 0.3 is 14.3 Å². The Morgan fingerprint density at radius 2 is 1.64 bits per heavy atom. The van der Waals surface area contributed by atoms with Gasteiger partial charge in [0.15, 0.2) is 30.1 Å². The Morgan fingerprint density at radius 3 is 2.29 bits per heavy atom. The summed E-state index contributed by atoms with van der Waals surface area (Å²) < 4.78 is 42.5. The van der Waals surface area contributed by atoms with Gasteiger partial charge in [-0.05, 0) is 126 Å².